The summed E-state index contributed by atoms with van der Waals surface area (Å²) in [4.78, 5) is 27.2. The van der Waals surface area contributed by atoms with Gasteiger partial charge in [0.1, 0.15) is 5.75 Å². The second-order valence-electron chi connectivity index (χ2n) is 7.40. The first-order valence-corrected chi connectivity index (χ1v) is 10.6. The van der Waals surface area contributed by atoms with Crippen molar-refractivity contribution in [1.82, 2.24) is 4.98 Å². The number of carboxylic acid groups (broad SMARTS) is 1. The highest BCUT2D eigenvalue weighted by Gasteiger charge is 2.55. The minimum atomic E-state index is -0.983. The Morgan fingerprint density at radius 1 is 1.27 bits per heavy atom. The number of ether oxygens (including phenoxy) is 1. The van der Waals surface area contributed by atoms with Crippen molar-refractivity contribution in [1.29, 1.82) is 0 Å². The summed E-state index contributed by atoms with van der Waals surface area (Å²) in [6, 6.07) is 7.73. The van der Waals surface area contributed by atoms with Gasteiger partial charge in [0.05, 0.1) is 5.03 Å². The minimum absolute atomic E-state index is 0.0104. The van der Waals surface area contributed by atoms with E-state index < -0.39 is 5.97 Å². The van der Waals surface area contributed by atoms with E-state index in [2.05, 4.69) is 4.98 Å². The van der Waals surface area contributed by atoms with Gasteiger partial charge in [-0.1, -0.05) is 29.5 Å². The van der Waals surface area contributed by atoms with Crippen molar-refractivity contribution in [3.05, 3.63) is 44.4 Å². The zero-order valence-corrected chi connectivity index (χ0v) is 15.6. The van der Waals surface area contributed by atoms with Crippen LogP contribution in [0.5, 0.6) is 5.75 Å². The largest absolute Gasteiger partial charge is 0.482 e. The van der Waals surface area contributed by atoms with Crippen molar-refractivity contribution in [3.63, 3.8) is 0 Å². The molecule has 0 unspecified atom stereocenters. The van der Waals surface area contributed by atoms with Crippen LogP contribution in [0.15, 0.2) is 34.1 Å². The highest BCUT2D eigenvalue weighted by atomic mass is 32.2. The molecule has 5 atom stereocenters. The number of nitrogens with one attached hydrogen (secondary N) is 1. The van der Waals surface area contributed by atoms with Gasteiger partial charge in [-0.15, -0.1) is 11.8 Å². The van der Waals surface area contributed by atoms with Crippen LogP contribution in [-0.4, -0.2) is 27.9 Å². The molecule has 0 spiro atoms. The Morgan fingerprint density at radius 2 is 2.08 bits per heavy atom. The third kappa shape index (κ3) is 2.52. The first-order chi connectivity index (χ1) is 12.6. The Labute approximate surface area is 158 Å². The molecule has 2 bridgehead atoms. The van der Waals surface area contributed by atoms with E-state index in [-0.39, 0.29) is 17.4 Å². The molecule has 136 valence electrons. The van der Waals surface area contributed by atoms with Crippen molar-refractivity contribution in [2.75, 3.05) is 6.61 Å². The van der Waals surface area contributed by atoms with Crippen LogP contribution < -0.4 is 9.61 Å². The quantitative estimate of drug-likeness (QED) is 0.836. The van der Waals surface area contributed by atoms with Gasteiger partial charge >= 0.3 is 10.8 Å². The Kier molecular flexibility index (Phi) is 3.90. The third-order valence-electron chi connectivity index (χ3n) is 6.07. The number of fused-ring (bicyclic) bond motifs is 6. The van der Waals surface area contributed by atoms with Crippen LogP contribution in [0.25, 0.3) is 0 Å². The second kappa shape index (κ2) is 6.16. The molecule has 0 amide bonds. The summed E-state index contributed by atoms with van der Waals surface area (Å²) in [5, 5.41) is 10.5. The molecule has 7 heteroatoms. The maximum atomic E-state index is 12.1. The highest BCUT2D eigenvalue weighted by molar-refractivity contribution is 8.00. The summed E-state index contributed by atoms with van der Waals surface area (Å²) >= 11 is 3.15. The predicted octanol–water partition coefficient (Wildman–Crippen LogP) is 3.55. The van der Waals surface area contributed by atoms with Crippen LogP contribution in [0.1, 0.15) is 35.6 Å². The standard InChI is InChI=1S/C19H19NO4S2/c21-13(22)8-24-12-4-2-1-3-11(12)15-14-9-5-6-10(7-9)16(14)25-18-17(15)26-19(23)20-18/h1-4,9-10,14-16H,5-8H2,(H,20,23)(H,21,22)/t9-,10-,14+,15+,16+/m0/s1. The lowest BCUT2D eigenvalue weighted by Crippen LogP contribution is -2.34. The number of carbonyl (C=O) groups is 1. The summed E-state index contributed by atoms with van der Waals surface area (Å²) in [5.74, 6) is 1.65. The number of rotatable bonds is 4. The van der Waals surface area contributed by atoms with Gasteiger partial charge < -0.3 is 14.8 Å². The molecular weight excluding hydrogens is 370 g/mol. The van der Waals surface area contributed by atoms with Crippen LogP contribution in [0.4, 0.5) is 0 Å². The number of H-pyrrole nitrogens is 1. The molecule has 1 aromatic heterocycles. The number of thiazole rings is 1. The SMILES string of the molecule is O=C(O)COc1ccccc1[C@H]1c2sc(=O)[nH]c2S[C@@H]2[C@H]3CC[C@@H](C3)[C@H]12. The minimum Gasteiger partial charge on any atom is -0.482 e. The topological polar surface area (TPSA) is 79.4 Å². The van der Waals surface area contributed by atoms with Gasteiger partial charge in [-0.05, 0) is 43.1 Å². The van der Waals surface area contributed by atoms with Crippen molar-refractivity contribution in [3.8, 4) is 5.75 Å². The van der Waals surface area contributed by atoms with Crippen molar-refractivity contribution in [2.45, 2.75) is 35.5 Å². The number of aromatic amines is 1. The smallest absolute Gasteiger partial charge is 0.341 e. The fourth-order valence-corrected chi connectivity index (χ4v) is 8.09. The Morgan fingerprint density at radius 3 is 2.92 bits per heavy atom. The van der Waals surface area contributed by atoms with E-state index in [0.717, 1.165) is 21.4 Å². The number of hydrogen-bond acceptors (Lipinski definition) is 5. The van der Waals surface area contributed by atoms with Crippen LogP contribution in [0.3, 0.4) is 0 Å². The number of aromatic nitrogens is 1. The first kappa shape index (κ1) is 16.4. The molecule has 2 aliphatic carbocycles. The Hall–Kier alpha value is -1.73. The number of benzene rings is 1. The molecule has 26 heavy (non-hydrogen) atoms. The van der Waals surface area contributed by atoms with Gasteiger partial charge in [0.25, 0.3) is 0 Å². The molecule has 2 aromatic rings. The fourth-order valence-electron chi connectivity index (χ4n) is 5.21. The van der Waals surface area contributed by atoms with Crippen LogP contribution >= 0.6 is 23.1 Å². The zero-order chi connectivity index (χ0) is 17.8. The average Bonchev–Trinajstić information content (AvgIpc) is 3.32. The van der Waals surface area contributed by atoms with Crippen molar-refractivity contribution >= 4 is 29.1 Å². The van der Waals surface area contributed by atoms with Gasteiger partial charge in [0, 0.05) is 21.6 Å². The number of carboxylic acids is 1. The number of thioether (sulfide) groups is 1. The van der Waals surface area contributed by atoms with Crippen LogP contribution in [0, 0.1) is 17.8 Å². The molecule has 5 nitrogen and oxygen atoms in total. The molecular formula is C19H19NO4S2. The van der Waals surface area contributed by atoms with Gasteiger partial charge in [0.15, 0.2) is 6.61 Å². The third-order valence-corrected chi connectivity index (χ3v) is 8.69. The van der Waals surface area contributed by atoms with E-state index in [0.29, 0.717) is 22.8 Å². The van der Waals surface area contributed by atoms with Crippen molar-refractivity contribution < 1.29 is 14.6 Å². The van der Waals surface area contributed by atoms with E-state index in [1.54, 1.807) is 0 Å². The maximum absolute atomic E-state index is 12.1. The number of hydrogen-bond donors (Lipinski definition) is 2. The molecule has 5 rings (SSSR count). The maximum Gasteiger partial charge on any atom is 0.341 e. The molecule has 1 aromatic carbocycles. The Bertz CT molecular complexity index is 920. The normalized spacial score (nSPS) is 31.5. The molecule has 3 aliphatic rings. The average molecular weight is 389 g/mol. The zero-order valence-electron chi connectivity index (χ0n) is 14.0. The van der Waals surface area contributed by atoms with E-state index in [1.165, 1.54) is 30.6 Å². The summed E-state index contributed by atoms with van der Waals surface area (Å²) in [5.41, 5.74) is 1.02. The number of para-hydroxylation sites is 1. The number of aliphatic carboxylic acids is 1. The van der Waals surface area contributed by atoms with Gasteiger partial charge in [-0.25, -0.2) is 4.79 Å². The summed E-state index contributed by atoms with van der Waals surface area (Å²) in [6.45, 7) is -0.352. The summed E-state index contributed by atoms with van der Waals surface area (Å²) < 4.78 is 5.61. The summed E-state index contributed by atoms with van der Waals surface area (Å²) in [7, 11) is 0. The van der Waals surface area contributed by atoms with Crippen molar-refractivity contribution in [2.24, 2.45) is 17.8 Å². The molecule has 2 saturated carbocycles. The van der Waals surface area contributed by atoms with E-state index in [1.807, 2.05) is 36.0 Å². The lowest BCUT2D eigenvalue weighted by molar-refractivity contribution is -0.139. The van der Waals surface area contributed by atoms with Gasteiger partial charge in [0.2, 0.25) is 0 Å². The fraction of sp³-hybridized carbons (Fsp3) is 0.474. The monoisotopic (exact) mass is 389 g/mol. The lowest BCUT2D eigenvalue weighted by Gasteiger charge is -2.40. The lowest BCUT2D eigenvalue weighted by atomic mass is 9.74. The Balaban J connectivity index is 1.62. The van der Waals surface area contributed by atoms with Crippen LogP contribution in [0.2, 0.25) is 0 Å². The first-order valence-electron chi connectivity index (χ1n) is 8.95. The van der Waals surface area contributed by atoms with E-state index >= 15 is 0 Å². The molecule has 2 fully saturated rings. The van der Waals surface area contributed by atoms with E-state index in [4.69, 9.17) is 9.84 Å². The molecule has 2 N–H and O–H groups in total. The molecule has 2 heterocycles. The molecule has 1 aliphatic heterocycles. The molecule has 0 radical (unpaired) electrons. The van der Waals surface area contributed by atoms with E-state index in [9.17, 15) is 9.59 Å². The summed E-state index contributed by atoms with van der Waals surface area (Å²) in [6.07, 6.45) is 3.82. The second-order valence-corrected chi connectivity index (χ2v) is 9.60. The highest BCUT2D eigenvalue weighted by Crippen LogP contribution is 2.64. The van der Waals surface area contributed by atoms with Gasteiger partial charge in [-0.3, -0.25) is 4.79 Å². The molecule has 0 saturated heterocycles. The van der Waals surface area contributed by atoms with Gasteiger partial charge in [-0.2, -0.15) is 0 Å². The van der Waals surface area contributed by atoms with Crippen LogP contribution in [-0.2, 0) is 4.79 Å². The predicted molar refractivity (Wildman–Crippen MR) is 100 cm³/mol.